The summed E-state index contributed by atoms with van der Waals surface area (Å²) in [6.45, 7) is 15.5. The summed E-state index contributed by atoms with van der Waals surface area (Å²) >= 11 is 0. The molecule has 0 bridgehead atoms. The van der Waals surface area contributed by atoms with Gasteiger partial charge in [-0.15, -0.1) is 0 Å². The molecular weight excluding hydrogens is 336 g/mol. The molecule has 0 unspecified atom stereocenters. The molecule has 0 aromatic heterocycles. The van der Waals surface area contributed by atoms with Crippen molar-refractivity contribution in [3.05, 3.63) is 59.7 Å². The Morgan fingerprint density at radius 1 is 0.667 bits per heavy atom. The lowest BCUT2D eigenvalue weighted by Gasteiger charge is -2.30. The fourth-order valence-corrected chi connectivity index (χ4v) is 3.08. The van der Waals surface area contributed by atoms with Gasteiger partial charge in [0.25, 0.3) is 0 Å². The minimum Gasteiger partial charge on any atom is -0.494 e. The molecule has 0 atom stereocenters. The average molecular weight is 371 g/mol. The van der Waals surface area contributed by atoms with Gasteiger partial charge in [0.05, 0.1) is 26.4 Å². The number of benzene rings is 2. The molecule has 2 rings (SSSR count). The molecule has 0 fully saturated rings. The van der Waals surface area contributed by atoms with Gasteiger partial charge in [0.1, 0.15) is 11.5 Å². The fraction of sp³-hybridized carbons (Fsp3) is 0.500. The zero-order valence-corrected chi connectivity index (χ0v) is 17.7. The minimum atomic E-state index is -0.0869. The van der Waals surface area contributed by atoms with Gasteiger partial charge in [-0.25, -0.2) is 0 Å². The summed E-state index contributed by atoms with van der Waals surface area (Å²) in [6.07, 6.45) is 0. The Balaban J connectivity index is 2.01. The van der Waals surface area contributed by atoms with Crippen molar-refractivity contribution >= 4 is 0 Å². The van der Waals surface area contributed by atoms with Crippen LogP contribution < -0.4 is 9.47 Å². The largest absolute Gasteiger partial charge is 0.494 e. The van der Waals surface area contributed by atoms with E-state index in [1.807, 2.05) is 38.1 Å². The molecule has 0 spiro atoms. The van der Waals surface area contributed by atoms with Crippen molar-refractivity contribution in [2.45, 2.75) is 52.4 Å². The number of hydrogen-bond acceptors (Lipinski definition) is 3. The molecule has 0 saturated heterocycles. The lowest BCUT2D eigenvalue weighted by atomic mass is 9.84. The van der Waals surface area contributed by atoms with E-state index in [0.29, 0.717) is 26.4 Å². The first-order valence-electron chi connectivity index (χ1n) is 9.83. The van der Waals surface area contributed by atoms with Gasteiger partial charge in [0.2, 0.25) is 0 Å². The maximum absolute atomic E-state index is 6.19. The van der Waals surface area contributed by atoms with E-state index in [9.17, 15) is 0 Å². The third-order valence-corrected chi connectivity index (χ3v) is 4.78. The molecule has 0 aliphatic rings. The van der Waals surface area contributed by atoms with Crippen LogP contribution in [0, 0.1) is 0 Å². The van der Waals surface area contributed by atoms with Crippen LogP contribution in [0.15, 0.2) is 48.5 Å². The molecule has 27 heavy (non-hydrogen) atoms. The maximum Gasteiger partial charge on any atom is 0.119 e. The first-order valence-corrected chi connectivity index (χ1v) is 9.83. The average Bonchev–Trinajstić information content (AvgIpc) is 2.62. The topological polar surface area (TPSA) is 27.7 Å². The Hall–Kier alpha value is -2.00. The highest BCUT2D eigenvalue weighted by molar-refractivity contribution is 5.34. The van der Waals surface area contributed by atoms with Crippen LogP contribution in [0.2, 0.25) is 0 Å². The molecule has 0 heterocycles. The van der Waals surface area contributed by atoms with Crippen LogP contribution >= 0.6 is 0 Å². The summed E-state index contributed by atoms with van der Waals surface area (Å²) in [6, 6.07) is 16.6. The first kappa shape index (κ1) is 21.3. The molecule has 0 aliphatic carbocycles. The highest BCUT2D eigenvalue weighted by Gasteiger charge is 2.26. The Bertz CT molecular complexity index is 658. The van der Waals surface area contributed by atoms with E-state index in [1.165, 1.54) is 11.1 Å². The first-order chi connectivity index (χ1) is 12.8. The van der Waals surface area contributed by atoms with E-state index >= 15 is 0 Å². The van der Waals surface area contributed by atoms with E-state index in [-0.39, 0.29) is 10.8 Å². The van der Waals surface area contributed by atoms with Crippen molar-refractivity contribution in [3.8, 4) is 11.5 Å². The Labute approximate surface area is 164 Å². The second-order valence-corrected chi connectivity index (χ2v) is 8.18. The molecule has 0 saturated carbocycles. The van der Waals surface area contributed by atoms with Gasteiger partial charge in [-0.3, -0.25) is 0 Å². The summed E-state index contributed by atoms with van der Waals surface area (Å²) in [5.74, 6) is 1.83. The van der Waals surface area contributed by atoms with Crippen molar-refractivity contribution in [1.82, 2.24) is 0 Å². The van der Waals surface area contributed by atoms with Gasteiger partial charge in [-0.1, -0.05) is 52.0 Å². The number of ether oxygens (including phenoxy) is 3. The van der Waals surface area contributed by atoms with E-state index in [2.05, 4.69) is 52.0 Å². The van der Waals surface area contributed by atoms with Crippen LogP contribution in [-0.2, 0) is 15.6 Å². The summed E-state index contributed by atoms with van der Waals surface area (Å²) in [7, 11) is 0. The molecule has 0 aliphatic heterocycles. The van der Waals surface area contributed by atoms with Crippen LogP contribution in [-0.4, -0.2) is 26.4 Å². The third kappa shape index (κ3) is 6.00. The van der Waals surface area contributed by atoms with Crippen LogP contribution in [0.4, 0.5) is 0 Å². The zero-order chi connectivity index (χ0) is 19.9. The highest BCUT2D eigenvalue weighted by Crippen LogP contribution is 2.30. The van der Waals surface area contributed by atoms with E-state index in [0.717, 1.165) is 11.5 Å². The standard InChI is InChI=1S/C24H34O3/c1-7-26-21-13-9-11-19(15-21)23(3,4)17-25-18-24(5,6)20-12-10-14-22(16-20)27-8-2/h9-16H,7-8,17-18H2,1-6H3. The molecule has 3 heteroatoms. The second kappa shape index (κ2) is 9.27. The Morgan fingerprint density at radius 3 is 1.44 bits per heavy atom. The van der Waals surface area contributed by atoms with E-state index in [1.54, 1.807) is 0 Å². The summed E-state index contributed by atoms with van der Waals surface area (Å²) in [5.41, 5.74) is 2.28. The third-order valence-electron chi connectivity index (χ3n) is 4.78. The van der Waals surface area contributed by atoms with Gasteiger partial charge >= 0.3 is 0 Å². The van der Waals surface area contributed by atoms with Crippen LogP contribution in [0.25, 0.3) is 0 Å². The van der Waals surface area contributed by atoms with Gasteiger partial charge < -0.3 is 14.2 Å². The van der Waals surface area contributed by atoms with Crippen molar-refractivity contribution in [1.29, 1.82) is 0 Å². The van der Waals surface area contributed by atoms with Crippen molar-refractivity contribution < 1.29 is 14.2 Å². The summed E-state index contributed by atoms with van der Waals surface area (Å²) in [4.78, 5) is 0. The predicted molar refractivity (Wildman–Crippen MR) is 112 cm³/mol. The monoisotopic (exact) mass is 370 g/mol. The van der Waals surface area contributed by atoms with Gasteiger partial charge in [0.15, 0.2) is 0 Å². The molecule has 2 aromatic rings. The normalized spacial score (nSPS) is 12.1. The van der Waals surface area contributed by atoms with Crippen LogP contribution in [0.5, 0.6) is 11.5 Å². The van der Waals surface area contributed by atoms with Gasteiger partial charge in [-0.2, -0.15) is 0 Å². The Morgan fingerprint density at radius 2 is 1.07 bits per heavy atom. The smallest absolute Gasteiger partial charge is 0.119 e. The zero-order valence-electron chi connectivity index (χ0n) is 17.7. The fourth-order valence-electron chi connectivity index (χ4n) is 3.08. The van der Waals surface area contributed by atoms with Gasteiger partial charge in [-0.05, 0) is 49.2 Å². The lowest BCUT2D eigenvalue weighted by molar-refractivity contribution is 0.0632. The lowest BCUT2D eigenvalue weighted by Crippen LogP contribution is -2.30. The van der Waals surface area contributed by atoms with E-state index < -0.39 is 0 Å². The van der Waals surface area contributed by atoms with E-state index in [4.69, 9.17) is 14.2 Å². The quantitative estimate of drug-likeness (QED) is 0.532. The molecular formula is C24H34O3. The summed E-state index contributed by atoms with van der Waals surface area (Å²) in [5, 5.41) is 0. The molecule has 148 valence electrons. The molecule has 0 amide bonds. The van der Waals surface area contributed by atoms with Crippen molar-refractivity contribution in [2.75, 3.05) is 26.4 Å². The molecule has 2 aromatic carbocycles. The number of hydrogen-bond donors (Lipinski definition) is 0. The molecule has 0 N–H and O–H groups in total. The molecule has 3 nitrogen and oxygen atoms in total. The second-order valence-electron chi connectivity index (χ2n) is 8.18. The van der Waals surface area contributed by atoms with Crippen molar-refractivity contribution in [3.63, 3.8) is 0 Å². The SMILES string of the molecule is CCOc1cccc(C(C)(C)COCC(C)(C)c2cccc(OCC)c2)c1. The van der Waals surface area contributed by atoms with Crippen LogP contribution in [0.1, 0.15) is 52.7 Å². The Kier molecular flexibility index (Phi) is 7.32. The minimum absolute atomic E-state index is 0.0869. The summed E-state index contributed by atoms with van der Waals surface area (Å²) < 4.78 is 17.5. The molecule has 0 radical (unpaired) electrons. The highest BCUT2D eigenvalue weighted by atomic mass is 16.5. The number of rotatable bonds is 10. The predicted octanol–water partition coefficient (Wildman–Crippen LogP) is 5.76. The maximum atomic E-state index is 6.19. The van der Waals surface area contributed by atoms with Crippen LogP contribution in [0.3, 0.4) is 0 Å². The van der Waals surface area contributed by atoms with Crippen molar-refractivity contribution in [2.24, 2.45) is 0 Å². The van der Waals surface area contributed by atoms with Gasteiger partial charge in [0, 0.05) is 10.8 Å².